The van der Waals surface area contributed by atoms with Crippen LogP contribution in [0.5, 0.6) is 0 Å². The molecule has 3 rings (SSSR count). The fourth-order valence-electron chi connectivity index (χ4n) is 3.63. The Labute approximate surface area is 189 Å². The molecule has 0 unspecified atom stereocenters. The summed E-state index contributed by atoms with van der Waals surface area (Å²) in [5, 5.41) is 8.87. The van der Waals surface area contributed by atoms with Crippen molar-refractivity contribution in [2.45, 2.75) is 58.5 Å². The van der Waals surface area contributed by atoms with Gasteiger partial charge in [-0.2, -0.15) is 0 Å². The predicted octanol–water partition coefficient (Wildman–Crippen LogP) is 4.47. The molecular formula is C24H33N5O3. The summed E-state index contributed by atoms with van der Waals surface area (Å²) < 4.78 is 0. The molecule has 8 heteroatoms. The number of para-hydroxylation sites is 1. The van der Waals surface area contributed by atoms with E-state index in [1.54, 1.807) is 18.3 Å². The topological polar surface area (TPSA) is 104 Å². The molecule has 1 saturated carbocycles. The van der Waals surface area contributed by atoms with Crippen molar-refractivity contribution in [3.8, 4) is 0 Å². The lowest BCUT2D eigenvalue weighted by Crippen LogP contribution is -2.43. The van der Waals surface area contributed by atoms with Crippen molar-refractivity contribution in [2.75, 3.05) is 17.2 Å². The largest absolute Gasteiger partial charge is 0.380 e. The molecule has 0 spiro atoms. The first kappa shape index (κ1) is 23.5. The van der Waals surface area contributed by atoms with E-state index in [0.717, 1.165) is 18.4 Å². The van der Waals surface area contributed by atoms with Gasteiger partial charge in [-0.05, 0) is 69.4 Å². The zero-order valence-electron chi connectivity index (χ0n) is 19.0. The van der Waals surface area contributed by atoms with Gasteiger partial charge in [0.05, 0.1) is 12.2 Å². The van der Waals surface area contributed by atoms with Gasteiger partial charge in [0.25, 0.3) is 5.91 Å². The van der Waals surface area contributed by atoms with Gasteiger partial charge in [0.15, 0.2) is 0 Å². The second kappa shape index (κ2) is 10.9. The predicted molar refractivity (Wildman–Crippen MR) is 125 cm³/mol. The minimum absolute atomic E-state index is 0.276. The molecule has 0 saturated heterocycles. The van der Waals surface area contributed by atoms with Gasteiger partial charge in [-0.25, -0.2) is 15.3 Å². The smallest absolute Gasteiger partial charge is 0.320 e. The number of aromatic nitrogens is 1. The van der Waals surface area contributed by atoms with Crippen LogP contribution in [0.25, 0.3) is 0 Å². The fraction of sp³-hybridized carbons (Fsp3) is 0.458. The van der Waals surface area contributed by atoms with Crippen LogP contribution in [0.15, 0.2) is 42.6 Å². The number of hydrogen-bond acceptors (Lipinski definition) is 5. The average molecular weight is 440 g/mol. The molecule has 1 fully saturated rings. The molecule has 0 aliphatic heterocycles. The van der Waals surface area contributed by atoms with Gasteiger partial charge >= 0.3 is 6.03 Å². The van der Waals surface area contributed by atoms with E-state index >= 15 is 0 Å². The Balaban J connectivity index is 1.55. The van der Waals surface area contributed by atoms with Gasteiger partial charge in [-0.15, -0.1) is 0 Å². The van der Waals surface area contributed by atoms with Crippen LogP contribution in [0.3, 0.4) is 0 Å². The number of rotatable bonds is 8. The van der Waals surface area contributed by atoms with Crippen molar-refractivity contribution in [2.24, 2.45) is 5.92 Å². The molecule has 0 bridgehead atoms. The third-order valence-electron chi connectivity index (χ3n) is 5.17. The zero-order chi connectivity index (χ0) is 23.0. The molecule has 172 valence electrons. The normalized spacial score (nSPS) is 14.1. The highest BCUT2D eigenvalue weighted by atomic mass is 16.6. The summed E-state index contributed by atoms with van der Waals surface area (Å²) in [6.45, 7) is 6.75. The monoisotopic (exact) mass is 439 g/mol. The van der Waals surface area contributed by atoms with E-state index in [4.69, 9.17) is 4.84 Å². The lowest BCUT2D eigenvalue weighted by Gasteiger charge is -2.20. The highest BCUT2D eigenvalue weighted by Gasteiger charge is 2.17. The summed E-state index contributed by atoms with van der Waals surface area (Å²) in [6.07, 6.45) is 6.44. The first-order chi connectivity index (χ1) is 15.3. The number of hydroxylamine groups is 1. The molecule has 3 amide bonds. The van der Waals surface area contributed by atoms with Crippen LogP contribution in [0, 0.1) is 5.92 Å². The second-order valence-corrected chi connectivity index (χ2v) is 9.17. The number of nitrogens with zero attached hydrogens (tertiary/aromatic N) is 1. The summed E-state index contributed by atoms with van der Waals surface area (Å²) in [6, 6.07) is 10.6. The minimum Gasteiger partial charge on any atom is -0.380 e. The number of pyridine rings is 1. The molecule has 1 aliphatic carbocycles. The Morgan fingerprint density at radius 3 is 2.62 bits per heavy atom. The number of nitrogens with one attached hydrogen (secondary N) is 4. The number of carbonyl (C=O) groups is 2. The summed E-state index contributed by atoms with van der Waals surface area (Å²) in [4.78, 5) is 34.3. The van der Waals surface area contributed by atoms with Crippen molar-refractivity contribution in [3.05, 3.63) is 53.7 Å². The lowest BCUT2D eigenvalue weighted by molar-refractivity contribution is 0.0172. The van der Waals surface area contributed by atoms with E-state index in [0.29, 0.717) is 36.1 Å². The van der Waals surface area contributed by atoms with Gasteiger partial charge in [0.1, 0.15) is 5.82 Å². The number of benzene rings is 1. The van der Waals surface area contributed by atoms with E-state index in [1.807, 2.05) is 45.0 Å². The molecule has 4 N–H and O–H groups in total. The highest BCUT2D eigenvalue weighted by molar-refractivity contribution is 5.99. The Kier molecular flexibility index (Phi) is 8.05. The van der Waals surface area contributed by atoms with Crippen LogP contribution in [0.1, 0.15) is 62.4 Å². The van der Waals surface area contributed by atoms with Crippen LogP contribution in [-0.2, 0) is 11.4 Å². The maximum Gasteiger partial charge on any atom is 0.320 e. The average Bonchev–Trinajstić information content (AvgIpc) is 3.25. The third-order valence-corrected chi connectivity index (χ3v) is 5.17. The van der Waals surface area contributed by atoms with Crippen molar-refractivity contribution in [1.29, 1.82) is 0 Å². The SMILES string of the molecule is CC(C)(C)NC(=O)Nc1cc(CNc2ccccc2C(=O)NOCC2CCCC2)ccn1. The Hall–Kier alpha value is -3.13. The van der Waals surface area contributed by atoms with Gasteiger partial charge in [0.2, 0.25) is 0 Å². The maximum atomic E-state index is 12.6. The van der Waals surface area contributed by atoms with E-state index in [2.05, 4.69) is 26.4 Å². The van der Waals surface area contributed by atoms with Gasteiger partial charge in [-0.3, -0.25) is 14.9 Å². The molecule has 0 radical (unpaired) electrons. The number of carbonyl (C=O) groups excluding carboxylic acids is 2. The first-order valence-electron chi connectivity index (χ1n) is 11.1. The van der Waals surface area contributed by atoms with E-state index in [1.165, 1.54) is 12.8 Å². The number of urea groups is 1. The standard InChI is InChI=1S/C24H33N5O3/c1-24(2,3)28-23(31)27-21-14-18(12-13-25-21)15-26-20-11-7-6-10-19(20)22(30)29-32-16-17-8-4-5-9-17/h6-7,10-14,17,26H,4-5,8-9,15-16H2,1-3H3,(H,29,30)(H2,25,27,28,31). The van der Waals surface area contributed by atoms with Crippen LogP contribution in [0.4, 0.5) is 16.3 Å². The van der Waals surface area contributed by atoms with E-state index in [9.17, 15) is 9.59 Å². The minimum atomic E-state index is -0.339. The van der Waals surface area contributed by atoms with E-state index < -0.39 is 0 Å². The van der Waals surface area contributed by atoms with Crippen LogP contribution in [0.2, 0.25) is 0 Å². The van der Waals surface area contributed by atoms with E-state index in [-0.39, 0.29) is 17.5 Å². The lowest BCUT2D eigenvalue weighted by atomic mass is 10.1. The molecule has 32 heavy (non-hydrogen) atoms. The van der Waals surface area contributed by atoms with Crippen molar-refractivity contribution >= 4 is 23.4 Å². The van der Waals surface area contributed by atoms with Crippen molar-refractivity contribution in [3.63, 3.8) is 0 Å². The van der Waals surface area contributed by atoms with Crippen LogP contribution in [-0.4, -0.2) is 29.1 Å². The third kappa shape index (κ3) is 7.53. The maximum absolute atomic E-state index is 12.6. The fourth-order valence-corrected chi connectivity index (χ4v) is 3.63. The summed E-state index contributed by atoms with van der Waals surface area (Å²) in [5.74, 6) is 0.711. The molecule has 1 aromatic carbocycles. The highest BCUT2D eigenvalue weighted by Crippen LogP contribution is 2.24. The van der Waals surface area contributed by atoms with Gasteiger partial charge in [0, 0.05) is 24.0 Å². The molecule has 0 atom stereocenters. The Bertz CT molecular complexity index is 920. The number of hydrogen-bond donors (Lipinski definition) is 4. The molecule has 2 aromatic rings. The Morgan fingerprint density at radius 1 is 1.12 bits per heavy atom. The quantitative estimate of drug-likeness (QED) is 0.455. The van der Waals surface area contributed by atoms with Crippen molar-refractivity contribution in [1.82, 2.24) is 15.8 Å². The first-order valence-corrected chi connectivity index (χ1v) is 11.1. The molecule has 1 aliphatic rings. The van der Waals surface area contributed by atoms with Crippen molar-refractivity contribution < 1.29 is 14.4 Å². The Morgan fingerprint density at radius 2 is 1.88 bits per heavy atom. The van der Waals surface area contributed by atoms with Crippen LogP contribution >= 0.6 is 0 Å². The molecular weight excluding hydrogens is 406 g/mol. The zero-order valence-corrected chi connectivity index (χ0v) is 19.0. The number of amides is 3. The second-order valence-electron chi connectivity index (χ2n) is 9.17. The summed E-state index contributed by atoms with van der Waals surface area (Å²) in [7, 11) is 0. The van der Waals surface area contributed by atoms with Crippen LogP contribution < -0.4 is 21.4 Å². The summed E-state index contributed by atoms with van der Waals surface area (Å²) in [5.41, 5.74) is 4.36. The van der Waals surface area contributed by atoms with Gasteiger partial charge in [-0.1, -0.05) is 25.0 Å². The molecule has 1 aromatic heterocycles. The molecule has 1 heterocycles. The summed E-state index contributed by atoms with van der Waals surface area (Å²) >= 11 is 0. The molecule has 8 nitrogen and oxygen atoms in total. The van der Waals surface area contributed by atoms with Gasteiger partial charge < -0.3 is 10.6 Å². The number of anilines is 2.